The molecule has 0 amide bonds. The third-order valence-corrected chi connectivity index (χ3v) is 1.09. The van der Waals surface area contributed by atoms with Crippen molar-refractivity contribution in [3.63, 3.8) is 0 Å². The second-order valence-corrected chi connectivity index (χ2v) is 1.83. The van der Waals surface area contributed by atoms with Gasteiger partial charge < -0.3 is 16.0 Å². The van der Waals surface area contributed by atoms with E-state index >= 15 is 0 Å². The van der Waals surface area contributed by atoms with E-state index in [0.717, 1.165) is 5.82 Å². The lowest BCUT2D eigenvalue weighted by Crippen LogP contribution is -1.93. The smallest absolute Gasteiger partial charge is 0.168 e. The highest BCUT2D eigenvalue weighted by atomic mass is 15.1. The van der Waals surface area contributed by atoms with Gasteiger partial charge in [-0.3, -0.25) is 0 Å². The van der Waals surface area contributed by atoms with E-state index in [-0.39, 0.29) is 0 Å². The molecule has 4 N–H and O–H groups in total. The maximum atomic E-state index is 5.47. The van der Waals surface area contributed by atoms with Crippen molar-refractivity contribution in [3.8, 4) is 0 Å². The van der Waals surface area contributed by atoms with Gasteiger partial charge in [0.25, 0.3) is 0 Å². The van der Waals surface area contributed by atoms with E-state index in [4.69, 9.17) is 5.73 Å². The number of anilines is 2. The van der Waals surface area contributed by atoms with E-state index < -0.39 is 0 Å². The molecule has 0 bridgehead atoms. The summed E-state index contributed by atoms with van der Waals surface area (Å²) >= 11 is 0. The van der Waals surface area contributed by atoms with E-state index in [9.17, 15) is 0 Å². The molecule has 50 valence electrons. The lowest BCUT2D eigenvalue weighted by molar-refractivity contribution is 1.15. The summed E-state index contributed by atoms with van der Waals surface area (Å²) in [6.07, 6.45) is 0. The van der Waals surface area contributed by atoms with Crippen molar-refractivity contribution in [1.29, 1.82) is 0 Å². The van der Waals surface area contributed by atoms with Crippen molar-refractivity contribution in [3.05, 3.63) is 5.82 Å². The molecule has 0 aliphatic rings. The van der Waals surface area contributed by atoms with Crippen LogP contribution in [0.1, 0.15) is 5.82 Å². The Hall–Kier alpha value is -1.19. The highest BCUT2D eigenvalue weighted by molar-refractivity contribution is 5.56. The molecular formula is C5H10N4. The second kappa shape index (κ2) is 1.97. The van der Waals surface area contributed by atoms with Gasteiger partial charge in [0.2, 0.25) is 0 Å². The standard InChI is InChI=1S/C5H10N4/c1-3-8-4(6)5(7-2)9-3/h7H,6H2,1-2H3,(H,8,9). The van der Waals surface area contributed by atoms with Gasteiger partial charge in [0.1, 0.15) is 11.6 Å². The summed E-state index contributed by atoms with van der Waals surface area (Å²) in [5.74, 6) is 2.14. The first-order valence-electron chi connectivity index (χ1n) is 2.74. The third-order valence-electron chi connectivity index (χ3n) is 1.09. The molecule has 0 aliphatic heterocycles. The lowest BCUT2D eigenvalue weighted by Gasteiger charge is -1.90. The third kappa shape index (κ3) is 0.960. The largest absolute Gasteiger partial charge is 0.382 e. The number of aromatic amines is 1. The average molecular weight is 126 g/mol. The zero-order chi connectivity index (χ0) is 6.85. The molecule has 0 radical (unpaired) electrons. The molecule has 0 spiro atoms. The van der Waals surface area contributed by atoms with Crippen molar-refractivity contribution in [2.24, 2.45) is 0 Å². The summed E-state index contributed by atoms with van der Waals surface area (Å²) in [4.78, 5) is 6.90. The number of hydrogen-bond acceptors (Lipinski definition) is 3. The fourth-order valence-corrected chi connectivity index (χ4v) is 0.701. The Kier molecular flexibility index (Phi) is 1.30. The number of nitrogens with zero attached hydrogens (tertiary/aromatic N) is 1. The Morgan fingerprint density at radius 1 is 1.67 bits per heavy atom. The van der Waals surface area contributed by atoms with Crippen molar-refractivity contribution in [1.82, 2.24) is 9.97 Å². The van der Waals surface area contributed by atoms with Crippen LogP contribution >= 0.6 is 0 Å². The van der Waals surface area contributed by atoms with Crippen molar-refractivity contribution in [2.45, 2.75) is 6.92 Å². The molecule has 1 heterocycles. The molecule has 0 fully saturated rings. The summed E-state index contributed by atoms with van der Waals surface area (Å²) in [7, 11) is 1.78. The molecule has 4 heteroatoms. The predicted octanol–water partition coefficient (Wildman–Crippen LogP) is 0.342. The molecule has 0 aromatic carbocycles. The van der Waals surface area contributed by atoms with Crippen LogP contribution in [0, 0.1) is 6.92 Å². The quantitative estimate of drug-likeness (QED) is 0.508. The van der Waals surface area contributed by atoms with Crippen LogP contribution in [0.2, 0.25) is 0 Å². The molecular weight excluding hydrogens is 116 g/mol. The Labute approximate surface area is 53.5 Å². The van der Waals surface area contributed by atoms with Crippen LogP contribution in [0.25, 0.3) is 0 Å². The highest BCUT2D eigenvalue weighted by Gasteiger charge is 1.99. The second-order valence-electron chi connectivity index (χ2n) is 1.83. The summed E-state index contributed by atoms with van der Waals surface area (Å²) in [5.41, 5.74) is 5.47. The van der Waals surface area contributed by atoms with Gasteiger partial charge in [-0.05, 0) is 6.92 Å². The maximum Gasteiger partial charge on any atom is 0.168 e. The van der Waals surface area contributed by atoms with Crippen molar-refractivity contribution >= 4 is 11.6 Å². The van der Waals surface area contributed by atoms with Crippen LogP contribution in [0.5, 0.6) is 0 Å². The van der Waals surface area contributed by atoms with Gasteiger partial charge in [0.05, 0.1) is 0 Å². The number of hydrogen-bond donors (Lipinski definition) is 3. The maximum absolute atomic E-state index is 5.47. The summed E-state index contributed by atoms with van der Waals surface area (Å²) < 4.78 is 0. The van der Waals surface area contributed by atoms with Crippen LogP contribution in [-0.4, -0.2) is 17.0 Å². The fourth-order valence-electron chi connectivity index (χ4n) is 0.701. The summed E-state index contributed by atoms with van der Waals surface area (Å²) in [5, 5.41) is 2.85. The minimum absolute atomic E-state index is 0.593. The zero-order valence-electron chi connectivity index (χ0n) is 5.52. The molecule has 4 nitrogen and oxygen atoms in total. The lowest BCUT2D eigenvalue weighted by atomic mass is 10.7. The van der Waals surface area contributed by atoms with E-state index in [2.05, 4.69) is 15.3 Å². The average Bonchev–Trinajstić information content (AvgIpc) is 2.10. The van der Waals surface area contributed by atoms with E-state index in [0.29, 0.717) is 11.6 Å². The molecule has 0 saturated carbocycles. The topological polar surface area (TPSA) is 66.7 Å². The van der Waals surface area contributed by atoms with Gasteiger partial charge in [0.15, 0.2) is 5.82 Å². The number of aryl methyl sites for hydroxylation is 1. The van der Waals surface area contributed by atoms with Gasteiger partial charge in [-0.1, -0.05) is 0 Å². The normalized spacial score (nSPS) is 9.56. The molecule has 1 aromatic heterocycles. The van der Waals surface area contributed by atoms with Gasteiger partial charge in [-0.2, -0.15) is 0 Å². The minimum atomic E-state index is 0.593. The number of H-pyrrole nitrogens is 1. The van der Waals surface area contributed by atoms with Crippen LogP contribution in [0.15, 0.2) is 0 Å². The van der Waals surface area contributed by atoms with E-state index in [1.54, 1.807) is 7.05 Å². The minimum Gasteiger partial charge on any atom is -0.382 e. The number of nitrogens with one attached hydrogen (secondary N) is 2. The Morgan fingerprint density at radius 3 is 2.56 bits per heavy atom. The summed E-state index contributed by atoms with van der Waals surface area (Å²) in [6, 6.07) is 0. The number of rotatable bonds is 1. The molecule has 0 atom stereocenters. The molecule has 1 rings (SSSR count). The van der Waals surface area contributed by atoms with Crippen LogP contribution in [0.4, 0.5) is 11.6 Å². The molecule has 9 heavy (non-hydrogen) atoms. The van der Waals surface area contributed by atoms with Crippen LogP contribution in [0.3, 0.4) is 0 Å². The Balaban J connectivity index is 3.01. The SMILES string of the molecule is CNc1nc(C)[nH]c1N. The van der Waals surface area contributed by atoms with E-state index in [1.165, 1.54) is 0 Å². The van der Waals surface area contributed by atoms with Crippen molar-refractivity contribution in [2.75, 3.05) is 18.1 Å². The predicted molar refractivity (Wildman–Crippen MR) is 37.3 cm³/mol. The Morgan fingerprint density at radius 2 is 2.33 bits per heavy atom. The van der Waals surface area contributed by atoms with Gasteiger partial charge in [-0.25, -0.2) is 4.98 Å². The van der Waals surface area contributed by atoms with Gasteiger partial charge in [-0.15, -0.1) is 0 Å². The molecule has 0 unspecified atom stereocenters. The zero-order valence-corrected chi connectivity index (χ0v) is 5.52. The number of nitrogen functional groups attached to an aromatic ring is 1. The molecule has 0 aliphatic carbocycles. The number of nitrogens with two attached hydrogens (primary N) is 1. The van der Waals surface area contributed by atoms with E-state index in [1.807, 2.05) is 6.92 Å². The van der Waals surface area contributed by atoms with Gasteiger partial charge >= 0.3 is 0 Å². The highest BCUT2D eigenvalue weighted by Crippen LogP contribution is 2.11. The fraction of sp³-hybridized carbons (Fsp3) is 0.400. The van der Waals surface area contributed by atoms with Crippen LogP contribution < -0.4 is 11.1 Å². The number of imidazole rings is 1. The monoisotopic (exact) mass is 126 g/mol. The van der Waals surface area contributed by atoms with Crippen molar-refractivity contribution < 1.29 is 0 Å². The summed E-state index contributed by atoms with van der Waals surface area (Å²) in [6.45, 7) is 1.86. The van der Waals surface area contributed by atoms with Gasteiger partial charge in [0, 0.05) is 7.05 Å². The molecule has 0 saturated heterocycles. The first-order valence-corrected chi connectivity index (χ1v) is 2.74. The first kappa shape index (κ1) is 5.94. The molecule has 1 aromatic rings. The number of aromatic nitrogens is 2. The Bertz CT molecular complexity index is 203. The first-order chi connectivity index (χ1) is 4.24. The van der Waals surface area contributed by atoms with Crippen LogP contribution in [-0.2, 0) is 0 Å².